The summed E-state index contributed by atoms with van der Waals surface area (Å²) in [4.78, 5) is 11.8. The van der Waals surface area contributed by atoms with Crippen LogP contribution in [-0.2, 0) is 0 Å². The molecule has 1 N–H and O–H groups in total. The van der Waals surface area contributed by atoms with E-state index in [9.17, 15) is 4.79 Å². The van der Waals surface area contributed by atoms with Gasteiger partial charge in [-0.2, -0.15) is 5.10 Å². The number of benzene rings is 3. The second kappa shape index (κ2) is 6.01. The third kappa shape index (κ3) is 3.15. The number of hydrogen-bond acceptors (Lipinski definition) is 2. The largest absolute Gasteiger partial charge is 0.271 e. The maximum atomic E-state index is 11.8. The van der Waals surface area contributed by atoms with E-state index in [4.69, 9.17) is 0 Å². The van der Waals surface area contributed by atoms with Gasteiger partial charge in [0.25, 0.3) is 5.91 Å². The SMILES string of the molecule is O=C(NN=Cc1ccc2ccccc2c1)c1ccccc1. The van der Waals surface area contributed by atoms with Crippen molar-refractivity contribution in [3.8, 4) is 0 Å². The maximum absolute atomic E-state index is 11.8. The number of carbonyl (C=O) groups is 1. The number of hydrogen-bond donors (Lipinski definition) is 1. The number of nitrogens with one attached hydrogen (secondary N) is 1. The van der Waals surface area contributed by atoms with Crippen molar-refractivity contribution < 1.29 is 4.79 Å². The smallest absolute Gasteiger partial charge is 0.267 e. The lowest BCUT2D eigenvalue weighted by molar-refractivity contribution is 0.0955. The minimum atomic E-state index is -0.215. The lowest BCUT2D eigenvalue weighted by Crippen LogP contribution is -2.17. The first kappa shape index (κ1) is 13.1. The van der Waals surface area contributed by atoms with Gasteiger partial charge in [-0.05, 0) is 34.5 Å². The monoisotopic (exact) mass is 274 g/mol. The first-order valence-corrected chi connectivity index (χ1v) is 6.70. The van der Waals surface area contributed by atoms with Gasteiger partial charge in [0.1, 0.15) is 0 Å². The van der Waals surface area contributed by atoms with Crippen LogP contribution in [0.25, 0.3) is 10.8 Å². The highest BCUT2D eigenvalue weighted by Crippen LogP contribution is 2.14. The van der Waals surface area contributed by atoms with Gasteiger partial charge in [-0.15, -0.1) is 0 Å². The standard InChI is InChI=1S/C18H14N2O/c21-18(16-7-2-1-3-8-16)20-19-13-14-10-11-15-6-4-5-9-17(15)12-14/h1-13H,(H,20,21). The van der Waals surface area contributed by atoms with Crippen LogP contribution in [0.15, 0.2) is 77.9 Å². The van der Waals surface area contributed by atoms with Crippen LogP contribution in [-0.4, -0.2) is 12.1 Å². The van der Waals surface area contributed by atoms with Gasteiger partial charge in [0, 0.05) is 5.56 Å². The maximum Gasteiger partial charge on any atom is 0.271 e. The average molecular weight is 274 g/mol. The molecule has 0 aliphatic carbocycles. The van der Waals surface area contributed by atoms with Gasteiger partial charge in [-0.3, -0.25) is 4.79 Å². The van der Waals surface area contributed by atoms with Crippen molar-refractivity contribution in [2.24, 2.45) is 5.10 Å². The Morgan fingerprint density at radius 1 is 0.857 bits per heavy atom. The molecule has 1 amide bonds. The minimum absolute atomic E-state index is 0.215. The molecule has 0 spiro atoms. The van der Waals surface area contributed by atoms with Crippen molar-refractivity contribution in [2.75, 3.05) is 0 Å². The number of hydrazone groups is 1. The quantitative estimate of drug-likeness (QED) is 0.575. The van der Waals surface area contributed by atoms with E-state index in [-0.39, 0.29) is 5.91 Å². The molecule has 0 atom stereocenters. The summed E-state index contributed by atoms with van der Waals surface area (Å²) < 4.78 is 0. The molecular formula is C18H14N2O. The molecule has 0 aliphatic heterocycles. The molecule has 3 nitrogen and oxygen atoms in total. The topological polar surface area (TPSA) is 41.5 Å². The molecule has 0 aromatic heterocycles. The van der Waals surface area contributed by atoms with Gasteiger partial charge in [-0.25, -0.2) is 5.43 Å². The van der Waals surface area contributed by atoms with Crippen molar-refractivity contribution >= 4 is 22.9 Å². The van der Waals surface area contributed by atoms with E-state index in [0.717, 1.165) is 10.9 Å². The number of fused-ring (bicyclic) bond motifs is 1. The van der Waals surface area contributed by atoms with Crippen LogP contribution in [0.2, 0.25) is 0 Å². The summed E-state index contributed by atoms with van der Waals surface area (Å²) >= 11 is 0. The molecule has 3 aromatic rings. The molecule has 3 rings (SSSR count). The predicted molar refractivity (Wildman–Crippen MR) is 85.5 cm³/mol. The summed E-state index contributed by atoms with van der Waals surface area (Å²) in [5, 5.41) is 6.33. The number of amides is 1. The van der Waals surface area contributed by atoms with Gasteiger partial charge in [0.15, 0.2) is 0 Å². The van der Waals surface area contributed by atoms with Gasteiger partial charge in [0.2, 0.25) is 0 Å². The molecule has 0 aliphatic rings. The van der Waals surface area contributed by atoms with Crippen LogP contribution >= 0.6 is 0 Å². The molecule has 3 aromatic carbocycles. The molecule has 0 bridgehead atoms. The molecule has 0 fully saturated rings. The molecule has 102 valence electrons. The molecular weight excluding hydrogens is 260 g/mol. The highest BCUT2D eigenvalue weighted by molar-refractivity contribution is 5.95. The Bertz CT molecular complexity index is 794. The normalized spacial score (nSPS) is 10.9. The summed E-state index contributed by atoms with van der Waals surface area (Å²) in [6.07, 6.45) is 1.65. The molecule has 21 heavy (non-hydrogen) atoms. The van der Waals surface area contributed by atoms with Crippen LogP contribution in [0.5, 0.6) is 0 Å². The van der Waals surface area contributed by atoms with Crippen LogP contribution in [0.4, 0.5) is 0 Å². The lowest BCUT2D eigenvalue weighted by atomic mass is 10.1. The number of carbonyl (C=O) groups excluding carboxylic acids is 1. The summed E-state index contributed by atoms with van der Waals surface area (Å²) in [6.45, 7) is 0. The molecule has 0 saturated carbocycles. The summed E-state index contributed by atoms with van der Waals surface area (Å²) in [7, 11) is 0. The van der Waals surface area contributed by atoms with E-state index in [0.29, 0.717) is 5.56 Å². The zero-order valence-electron chi connectivity index (χ0n) is 11.4. The second-order valence-corrected chi connectivity index (χ2v) is 4.67. The van der Waals surface area contributed by atoms with Crippen molar-refractivity contribution in [3.63, 3.8) is 0 Å². The Labute approximate surface area is 122 Å². The van der Waals surface area contributed by atoms with E-state index in [2.05, 4.69) is 22.7 Å². The van der Waals surface area contributed by atoms with Crippen molar-refractivity contribution in [1.82, 2.24) is 5.43 Å². The van der Waals surface area contributed by atoms with Gasteiger partial charge < -0.3 is 0 Å². The summed E-state index contributed by atoms with van der Waals surface area (Å²) in [5.74, 6) is -0.215. The van der Waals surface area contributed by atoms with Crippen LogP contribution in [0, 0.1) is 0 Å². The molecule has 0 radical (unpaired) electrons. The Hall–Kier alpha value is -2.94. The van der Waals surface area contributed by atoms with Crippen LogP contribution in [0.1, 0.15) is 15.9 Å². The van der Waals surface area contributed by atoms with E-state index < -0.39 is 0 Å². The van der Waals surface area contributed by atoms with Crippen molar-refractivity contribution in [2.45, 2.75) is 0 Å². The third-order valence-electron chi connectivity index (χ3n) is 3.19. The lowest BCUT2D eigenvalue weighted by Gasteiger charge is -2.00. The second-order valence-electron chi connectivity index (χ2n) is 4.67. The number of rotatable bonds is 3. The van der Waals surface area contributed by atoms with Crippen molar-refractivity contribution in [1.29, 1.82) is 0 Å². The fourth-order valence-electron chi connectivity index (χ4n) is 2.11. The summed E-state index contributed by atoms with van der Waals surface area (Å²) in [5.41, 5.74) is 4.06. The molecule has 0 heterocycles. The highest BCUT2D eigenvalue weighted by atomic mass is 16.2. The third-order valence-corrected chi connectivity index (χ3v) is 3.19. The Kier molecular flexibility index (Phi) is 3.74. The molecule has 0 saturated heterocycles. The van der Waals surface area contributed by atoms with Crippen molar-refractivity contribution in [3.05, 3.63) is 83.9 Å². The molecule has 3 heteroatoms. The van der Waals surface area contributed by atoms with E-state index >= 15 is 0 Å². The van der Waals surface area contributed by atoms with Gasteiger partial charge in [0.05, 0.1) is 6.21 Å². The zero-order valence-corrected chi connectivity index (χ0v) is 11.4. The van der Waals surface area contributed by atoms with Crippen LogP contribution in [0.3, 0.4) is 0 Å². The predicted octanol–water partition coefficient (Wildman–Crippen LogP) is 3.60. The van der Waals surface area contributed by atoms with E-state index in [1.807, 2.05) is 48.5 Å². The van der Waals surface area contributed by atoms with Crippen LogP contribution < -0.4 is 5.43 Å². The highest BCUT2D eigenvalue weighted by Gasteiger charge is 2.01. The Morgan fingerprint density at radius 2 is 1.57 bits per heavy atom. The van der Waals surface area contributed by atoms with Gasteiger partial charge in [-0.1, -0.05) is 54.6 Å². The fraction of sp³-hybridized carbons (Fsp3) is 0. The first-order chi connectivity index (χ1) is 10.3. The average Bonchev–Trinajstić information content (AvgIpc) is 2.55. The summed E-state index contributed by atoms with van der Waals surface area (Å²) in [6, 6.07) is 23.2. The number of nitrogens with zero attached hydrogens (tertiary/aromatic N) is 1. The van der Waals surface area contributed by atoms with E-state index in [1.54, 1.807) is 18.3 Å². The zero-order chi connectivity index (χ0) is 14.5. The Balaban J connectivity index is 1.71. The fourth-order valence-corrected chi connectivity index (χ4v) is 2.11. The minimum Gasteiger partial charge on any atom is -0.267 e. The first-order valence-electron chi connectivity index (χ1n) is 6.70. The Morgan fingerprint density at radius 3 is 2.38 bits per heavy atom. The van der Waals surface area contributed by atoms with E-state index in [1.165, 1.54) is 5.39 Å². The molecule has 0 unspecified atom stereocenters. The van der Waals surface area contributed by atoms with Gasteiger partial charge >= 0.3 is 0 Å².